The molecule has 0 aliphatic carbocycles. The average molecular weight is 415 g/mol. The van der Waals surface area contributed by atoms with Crippen LogP contribution in [0.2, 0.25) is 0 Å². The lowest BCUT2D eigenvalue weighted by atomic mass is 10.1. The van der Waals surface area contributed by atoms with Crippen LogP contribution in [0.4, 0.5) is 23.2 Å². The number of anilines is 1. The van der Waals surface area contributed by atoms with Gasteiger partial charge in [0.25, 0.3) is 5.91 Å². The van der Waals surface area contributed by atoms with E-state index in [1.807, 2.05) is 0 Å². The van der Waals surface area contributed by atoms with Crippen LogP contribution in [-0.2, 0) is 6.18 Å². The molecule has 1 amide bonds. The highest BCUT2D eigenvalue weighted by Gasteiger charge is 2.30. The van der Waals surface area contributed by atoms with E-state index in [0.717, 1.165) is 24.4 Å². The molecule has 0 bridgehead atoms. The molecule has 0 atom stereocenters. The van der Waals surface area contributed by atoms with Gasteiger partial charge in [0.05, 0.1) is 41.7 Å². The van der Waals surface area contributed by atoms with E-state index in [4.69, 9.17) is 0 Å². The maximum atomic E-state index is 13.4. The predicted octanol–water partition coefficient (Wildman–Crippen LogP) is 4.23. The van der Waals surface area contributed by atoms with E-state index in [2.05, 4.69) is 15.0 Å². The van der Waals surface area contributed by atoms with E-state index in [9.17, 15) is 22.4 Å². The number of carbonyl (C=O) groups is 1. The molecule has 3 aromatic heterocycles. The number of hydrogen-bond donors (Lipinski definition) is 0. The highest BCUT2D eigenvalue weighted by Crippen LogP contribution is 2.31. The number of aromatic nitrogens is 4. The Hall–Kier alpha value is -3.82. The van der Waals surface area contributed by atoms with Gasteiger partial charge in [0.2, 0.25) is 0 Å². The molecule has 6 nitrogen and oxygen atoms in total. The first kappa shape index (κ1) is 19.5. The number of hydrogen-bond acceptors (Lipinski definition) is 4. The summed E-state index contributed by atoms with van der Waals surface area (Å²) in [5.74, 6) is -1.11. The molecule has 4 aromatic rings. The quantitative estimate of drug-likeness (QED) is 0.470. The monoisotopic (exact) mass is 415 g/mol. The van der Waals surface area contributed by atoms with Gasteiger partial charge in [-0.3, -0.25) is 14.2 Å². The van der Waals surface area contributed by atoms with E-state index in [1.54, 1.807) is 4.40 Å². The number of amides is 1. The summed E-state index contributed by atoms with van der Waals surface area (Å²) in [5, 5.41) is 0. The smallest absolute Gasteiger partial charge is 0.308 e. The molecule has 1 aromatic carbocycles. The van der Waals surface area contributed by atoms with Crippen molar-refractivity contribution in [2.24, 2.45) is 0 Å². The molecule has 10 heteroatoms. The van der Waals surface area contributed by atoms with E-state index in [-0.39, 0.29) is 11.4 Å². The van der Waals surface area contributed by atoms with Crippen LogP contribution in [-0.4, -0.2) is 32.3 Å². The van der Waals surface area contributed by atoms with Crippen LogP contribution in [0.5, 0.6) is 0 Å². The minimum atomic E-state index is -4.43. The summed E-state index contributed by atoms with van der Waals surface area (Å²) in [6, 6.07) is 5.78. The zero-order chi connectivity index (χ0) is 21.5. The Morgan fingerprint density at radius 3 is 2.43 bits per heavy atom. The largest absolute Gasteiger partial charge is 0.416 e. The first-order valence-corrected chi connectivity index (χ1v) is 8.63. The van der Waals surface area contributed by atoms with Gasteiger partial charge < -0.3 is 4.90 Å². The summed E-state index contributed by atoms with van der Waals surface area (Å²) in [4.78, 5) is 26.0. The fourth-order valence-electron chi connectivity index (χ4n) is 2.92. The molecular formula is C20H13F4N5O. The van der Waals surface area contributed by atoms with Crippen molar-refractivity contribution in [2.75, 3.05) is 11.9 Å². The zero-order valence-electron chi connectivity index (χ0n) is 15.4. The predicted molar refractivity (Wildman–Crippen MR) is 100 cm³/mol. The molecular weight excluding hydrogens is 402 g/mol. The minimum Gasteiger partial charge on any atom is -0.308 e. The van der Waals surface area contributed by atoms with Crippen molar-refractivity contribution in [2.45, 2.75) is 6.18 Å². The summed E-state index contributed by atoms with van der Waals surface area (Å²) < 4.78 is 53.4. The Morgan fingerprint density at radius 2 is 1.77 bits per heavy atom. The number of fused-ring (bicyclic) bond motifs is 1. The summed E-state index contributed by atoms with van der Waals surface area (Å²) in [6.07, 6.45) is 2.21. The summed E-state index contributed by atoms with van der Waals surface area (Å²) in [6.45, 7) is 0. The molecule has 0 saturated carbocycles. The van der Waals surface area contributed by atoms with Gasteiger partial charge in [-0.05, 0) is 12.1 Å². The van der Waals surface area contributed by atoms with Crippen LogP contribution in [0.15, 0.2) is 61.3 Å². The summed E-state index contributed by atoms with van der Waals surface area (Å²) >= 11 is 0. The second kappa shape index (κ2) is 7.21. The van der Waals surface area contributed by atoms with Crippen molar-refractivity contribution in [1.82, 2.24) is 19.4 Å². The molecule has 4 rings (SSSR count). The van der Waals surface area contributed by atoms with Crippen molar-refractivity contribution in [1.29, 1.82) is 0 Å². The third-order valence-electron chi connectivity index (χ3n) is 4.51. The molecule has 0 aliphatic rings. The Bertz CT molecular complexity index is 1230. The number of imidazole rings is 1. The molecule has 30 heavy (non-hydrogen) atoms. The second-order valence-electron chi connectivity index (χ2n) is 6.44. The average Bonchev–Trinajstić information content (AvgIpc) is 3.15. The number of alkyl halides is 3. The lowest BCUT2D eigenvalue weighted by Gasteiger charge is -2.16. The van der Waals surface area contributed by atoms with Gasteiger partial charge in [0, 0.05) is 24.9 Å². The number of rotatable bonds is 3. The lowest BCUT2D eigenvalue weighted by molar-refractivity contribution is -0.137. The van der Waals surface area contributed by atoms with E-state index < -0.39 is 23.5 Å². The van der Waals surface area contributed by atoms with E-state index >= 15 is 0 Å². The number of benzene rings is 1. The van der Waals surface area contributed by atoms with Crippen LogP contribution >= 0.6 is 0 Å². The van der Waals surface area contributed by atoms with Gasteiger partial charge in [-0.2, -0.15) is 13.2 Å². The Morgan fingerprint density at radius 1 is 1.03 bits per heavy atom. The van der Waals surface area contributed by atoms with Crippen molar-refractivity contribution in [3.05, 3.63) is 78.4 Å². The van der Waals surface area contributed by atoms with Crippen LogP contribution < -0.4 is 4.90 Å². The molecule has 0 unspecified atom stereocenters. The maximum Gasteiger partial charge on any atom is 0.416 e. The van der Waals surface area contributed by atoms with Gasteiger partial charge in [-0.1, -0.05) is 12.1 Å². The highest BCUT2D eigenvalue weighted by atomic mass is 19.4. The second-order valence-corrected chi connectivity index (χ2v) is 6.44. The fourth-order valence-corrected chi connectivity index (χ4v) is 2.92. The van der Waals surface area contributed by atoms with Gasteiger partial charge >= 0.3 is 6.18 Å². The van der Waals surface area contributed by atoms with Gasteiger partial charge in [0.15, 0.2) is 5.65 Å². The molecule has 0 aliphatic heterocycles. The number of carbonyl (C=O) groups excluding carboxylic acids is 1. The fraction of sp³-hybridized carbons (Fsp3) is 0.100. The van der Waals surface area contributed by atoms with Crippen LogP contribution in [0.3, 0.4) is 0 Å². The van der Waals surface area contributed by atoms with Crippen molar-refractivity contribution < 1.29 is 22.4 Å². The molecule has 0 saturated heterocycles. The van der Waals surface area contributed by atoms with E-state index in [0.29, 0.717) is 16.9 Å². The third-order valence-corrected chi connectivity index (χ3v) is 4.51. The minimum absolute atomic E-state index is 0.0421. The highest BCUT2D eigenvalue weighted by molar-refractivity contribution is 6.04. The topological polar surface area (TPSA) is 63.4 Å². The van der Waals surface area contributed by atoms with Crippen molar-refractivity contribution >= 4 is 17.2 Å². The number of pyridine rings is 1. The Labute approximate surface area is 167 Å². The first-order chi connectivity index (χ1) is 14.2. The normalized spacial score (nSPS) is 11.6. The molecule has 0 N–H and O–H groups in total. The number of nitrogens with zero attached hydrogens (tertiary/aromatic N) is 5. The van der Waals surface area contributed by atoms with Gasteiger partial charge in [-0.25, -0.2) is 14.4 Å². The molecule has 0 spiro atoms. The molecule has 152 valence electrons. The molecule has 3 heterocycles. The van der Waals surface area contributed by atoms with Crippen molar-refractivity contribution in [3.63, 3.8) is 0 Å². The SMILES string of the molecule is CN(C(=O)c1cn2c(-c3ccc(C(F)(F)F)cc3)cnc2cn1)c1cncc(F)c1. The lowest BCUT2D eigenvalue weighted by Crippen LogP contribution is -2.27. The summed E-state index contributed by atoms with van der Waals surface area (Å²) in [5.41, 5.74) is 0.920. The Kier molecular flexibility index (Phi) is 4.69. The molecule has 0 radical (unpaired) electrons. The van der Waals surface area contributed by atoms with Gasteiger partial charge in [-0.15, -0.1) is 0 Å². The maximum absolute atomic E-state index is 13.4. The first-order valence-electron chi connectivity index (χ1n) is 8.63. The van der Waals surface area contributed by atoms with Gasteiger partial charge in [0.1, 0.15) is 11.5 Å². The van der Waals surface area contributed by atoms with Crippen LogP contribution in [0.25, 0.3) is 16.9 Å². The van der Waals surface area contributed by atoms with E-state index in [1.165, 1.54) is 48.9 Å². The van der Waals surface area contributed by atoms with Crippen LogP contribution in [0.1, 0.15) is 16.1 Å². The standard InChI is InChI=1S/C20H13F4N5O/c1-28(15-6-14(21)7-25-8-15)19(30)16-11-29-17(9-27-18(29)10-26-16)12-2-4-13(5-3-12)20(22,23)24/h2-11H,1H3. The van der Waals surface area contributed by atoms with Crippen LogP contribution in [0, 0.1) is 5.82 Å². The Balaban J connectivity index is 1.70. The third kappa shape index (κ3) is 3.59. The number of halogens is 4. The van der Waals surface area contributed by atoms with Crippen molar-refractivity contribution in [3.8, 4) is 11.3 Å². The molecule has 0 fully saturated rings. The summed E-state index contributed by atoms with van der Waals surface area (Å²) in [7, 11) is 1.45. The zero-order valence-corrected chi connectivity index (χ0v) is 15.4.